The number of para-hydroxylation sites is 1. The number of hydrogen-bond acceptors (Lipinski definition) is 3. The lowest BCUT2D eigenvalue weighted by molar-refractivity contribution is -0.123. The molecule has 0 saturated heterocycles. The molecule has 3 aromatic rings. The van der Waals surface area contributed by atoms with Gasteiger partial charge in [0.1, 0.15) is 5.75 Å². The number of rotatable bonds is 6. The molecule has 0 spiro atoms. The lowest BCUT2D eigenvalue weighted by Crippen LogP contribution is -2.30. The number of hydrogen-bond donors (Lipinski definition) is 1. The third kappa shape index (κ3) is 4.35. The summed E-state index contributed by atoms with van der Waals surface area (Å²) in [4.78, 5) is 16.4. The molecule has 1 heterocycles. The standard InChI is InChI=1S/C21H22N2O2/c1-15-8-9-19(16(2)13-15)25-14-20(24)22-12-10-18-6-3-5-17-7-4-11-23-21(17)18/h3-9,11,13H,10,12,14H2,1-2H3,(H,22,24). The summed E-state index contributed by atoms with van der Waals surface area (Å²) in [5, 5.41) is 4.02. The van der Waals surface area contributed by atoms with Crippen LogP contribution in [0.15, 0.2) is 54.7 Å². The molecule has 4 nitrogen and oxygen atoms in total. The summed E-state index contributed by atoms with van der Waals surface area (Å²) in [6, 6.07) is 16.0. The zero-order valence-corrected chi connectivity index (χ0v) is 14.6. The van der Waals surface area contributed by atoms with Gasteiger partial charge in [-0.2, -0.15) is 0 Å². The fourth-order valence-corrected chi connectivity index (χ4v) is 2.86. The SMILES string of the molecule is Cc1ccc(OCC(=O)NCCc2cccc3cccnc23)c(C)c1. The molecule has 1 amide bonds. The molecule has 1 N–H and O–H groups in total. The molecule has 0 bridgehead atoms. The van der Waals surface area contributed by atoms with Gasteiger partial charge in [0.15, 0.2) is 6.61 Å². The van der Waals surface area contributed by atoms with Crippen LogP contribution in [0.5, 0.6) is 5.75 Å². The second-order valence-electron chi connectivity index (χ2n) is 6.15. The number of aryl methyl sites for hydroxylation is 2. The molecule has 0 unspecified atom stereocenters. The third-order valence-electron chi connectivity index (χ3n) is 4.12. The Balaban J connectivity index is 1.51. The van der Waals surface area contributed by atoms with Gasteiger partial charge in [0.2, 0.25) is 0 Å². The van der Waals surface area contributed by atoms with E-state index in [4.69, 9.17) is 4.74 Å². The van der Waals surface area contributed by atoms with Crippen LogP contribution < -0.4 is 10.1 Å². The topological polar surface area (TPSA) is 51.2 Å². The van der Waals surface area contributed by atoms with E-state index in [1.165, 1.54) is 5.56 Å². The Hall–Kier alpha value is -2.88. The Morgan fingerprint density at radius 1 is 1.12 bits per heavy atom. The molecule has 0 aliphatic heterocycles. The molecule has 128 valence electrons. The van der Waals surface area contributed by atoms with E-state index in [0.29, 0.717) is 6.54 Å². The van der Waals surface area contributed by atoms with Gasteiger partial charge in [-0.3, -0.25) is 9.78 Å². The van der Waals surface area contributed by atoms with Crippen molar-refractivity contribution in [2.24, 2.45) is 0 Å². The molecule has 25 heavy (non-hydrogen) atoms. The molecule has 3 rings (SSSR count). The lowest BCUT2D eigenvalue weighted by atomic mass is 10.1. The largest absolute Gasteiger partial charge is 0.484 e. The van der Waals surface area contributed by atoms with Crippen molar-refractivity contribution in [1.82, 2.24) is 10.3 Å². The molecule has 0 saturated carbocycles. The maximum absolute atomic E-state index is 12.0. The number of aromatic nitrogens is 1. The number of carbonyl (C=O) groups is 1. The summed E-state index contributed by atoms with van der Waals surface area (Å²) in [6.07, 6.45) is 2.53. The van der Waals surface area contributed by atoms with Crippen LogP contribution in [-0.4, -0.2) is 24.0 Å². The first kappa shape index (κ1) is 17.0. The highest BCUT2D eigenvalue weighted by molar-refractivity contribution is 5.81. The first-order chi connectivity index (χ1) is 12.1. The zero-order chi connectivity index (χ0) is 17.6. The quantitative estimate of drug-likeness (QED) is 0.749. The highest BCUT2D eigenvalue weighted by atomic mass is 16.5. The Labute approximate surface area is 147 Å². The van der Waals surface area contributed by atoms with Crippen molar-refractivity contribution in [2.45, 2.75) is 20.3 Å². The van der Waals surface area contributed by atoms with E-state index in [2.05, 4.69) is 10.3 Å². The maximum Gasteiger partial charge on any atom is 0.257 e. The van der Waals surface area contributed by atoms with Crippen LogP contribution in [0.4, 0.5) is 0 Å². The smallest absolute Gasteiger partial charge is 0.257 e. The van der Waals surface area contributed by atoms with Crippen LogP contribution in [0, 0.1) is 13.8 Å². The molecule has 1 aromatic heterocycles. The fraction of sp³-hybridized carbons (Fsp3) is 0.238. The Bertz CT molecular complexity index is 885. The Morgan fingerprint density at radius 2 is 1.96 bits per heavy atom. The number of pyridine rings is 1. The van der Waals surface area contributed by atoms with Gasteiger partial charge in [-0.05, 0) is 43.5 Å². The monoisotopic (exact) mass is 334 g/mol. The molecular formula is C21H22N2O2. The van der Waals surface area contributed by atoms with Crippen molar-refractivity contribution in [3.63, 3.8) is 0 Å². The van der Waals surface area contributed by atoms with Crippen molar-refractivity contribution in [3.8, 4) is 5.75 Å². The average Bonchev–Trinajstić information content (AvgIpc) is 2.61. The van der Waals surface area contributed by atoms with E-state index in [9.17, 15) is 4.79 Å². The molecule has 0 aliphatic rings. The summed E-state index contributed by atoms with van der Waals surface area (Å²) >= 11 is 0. The Kier molecular flexibility index (Phi) is 5.29. The van der Waals surface area contributed by atoms with Gasteiger partial charge in [-0.15, -0.1) is 0 Å². The average molecular weight is 334 g/mol. The minimum Gasteiger partial charge on any atom is -0.484 e. The first-order valence-electron chi connectivity index (χ1n) is 8.43. The van der Waals surface area contributed by atoms with Gasteiger partial charge < -0.3 is 10.1 Å². The van der Waals surface area contributed by atoms with Crippen molar-refractivity contribution in [3.05, 3.63) is 71.4 Å². The minimum atomic E-state index is -0.117. The molecule has 0 atom stereocenters. The zero-order valence-electron chi connectivity index (χ0n) is 14.6. The number of amides is 1. The molecule has 4 heteroatoms. The van der Waals surface area contributed by atoms with Crippen LogP contribution in [0.2, 0.25) is 0 Å². The lowest BCUT2D eigenvalue weighted by Gasteiger charge is -2.10. The fourth-order valence-electron chi connectivity index (χ4n) is 2.86. The minimum absolute atomic E-state index is 0.0255. The second kappa shape index (κ2) is 7.79. The predicted molar refractivity (Wildman–Crippen MR) is 99.9 cm³/mol. The summed E-state index contributed by atoms with van der Waals surface area (Å²) in [6.45, 7) is 4.60. The van der Waals surface area contributed by atoms with E-state index in [0.717, 1.165) is 34.2 Å². The molecular weight excluding hydrogens is 312 g/mol. The number of carbonyl (C=O) groups excluding carboxylic acids is 1. The predicted octanol–water partition coefficient (Wildman–Crippen LogP) is 3.59. The van der Waals surface area contributed by atoms with Gasteiger partial charge in [0.25, 0.3) is 5.91 Å². The molecule has 0 radical (unpaired) electrons. The van der Waals surface area contributed by atoms with E-state index < -0.39 is 0 Å². The molecule has 0 aliphatic carbocycles. The number of ether oxygens (including phenoxy) is 1. The third-order valence-corrected chi connectivity index (χ3v) is 4.12. The van der Waals surface area contributed by atoms with Gasteiger partial charge >= 0.3 is 0 Å². The first-order valence-corrected chi connectivity index (χ1v) is 8.43. The van der Waals surface area contributed by atoms with Crippen LogP contribution in [0.1, 0.15) is 16.7 Å². The van der Waals surface area contributed by atoms with E-state index >= 15 is 0 Å². The molecule has 2 aromatic carbocycles. The van der Waals surface area contributed by atoms with Gasteiger partial charge in [-0.1, -0.05) is 42.0 Å². The number of nitrogens with zero attached hydrogens (tertiary/aromatic N) is 1. The van der Waals surface area contributed by atoms with E-state index in [-0.39, 0.29) is 12.5 Å². The van der Waals surface area contributed by atoms with Gasteiger partial charge in [-0.25, -0.2) is 0 Å². The van der Waals surface area contributed by atoms with Crippen molar-refractivity contribution in [1.29, 1.82) is 0 Å². The van der Waals surface area contributed by atoms with Crippen LogP contribution in [0.3, 0.4) is 0 Å². The summed E-state index contributed by atoms with van der Waals surface area (Å²) in [5.74, 6) is 0.632. The van der Waals surface area contributed by atoms with Crippen molar-refractivity contribution >= 4 is 16.8 Å². The van der Waals surface area contributed by atoms with Crippen molar-refractivity contribution in [2.75, 3.05) is 13.2 Å². The highest BCUT2D eigenvalue weighted by Gasteiger charge is 2.06. The normalized spacial score (nSPS) is 10.6. The van der Waals surface area contributed by atoms with Crippen LogP contribution in [-0.2, 0) is 11.2 Å². The number of nitrogens with one attached hydrogen (secondary N) is 1. The number of benzene rings is 2. The summed E-state index contributed by atoms with van der Waals surface area (Å²) in [5.41, 5.74) is 4.34. The van der Waals surface area contributed by atoms with Gasteiger partial charge in [0, 0.05) is 18.1 Å². The van der Waals surface area contributed by atoms with E-state index in [1.54, 1.807) is 6.20 Å². The van der Waals surface area contributed by atoms with Gasteiger partial charge in [0.05, 0.1) is 5.52 Å². The molecule has 0 fully saturated rings. The van der Waals surface area contributed by atoms with E-state index in [1.807, 2.05) is 62.4 Å². The maximum atomic E-state index is 12.0. The second-order valence-corrected chi connectivity index (χ2v) is 6.15. The Morgan fingerprint density at radius 3 is 2.80 bits per heavy atom. The summed E-state index contributed by atoms with van der Waals surface area (Å²) < 4.78 is 5.60. The summed E-state index contributed by atoms with van der Waals surface area (Å²) in [7, 11) is 0. The van der Waals surface area contributed by atoms with Crippen LogP contribution in [0.25, 0.3) is 10.9 Å². The van der Waals surface area contributed by atoms with Crippen molar-refractivity contribution < 1.29 is 9.53 Å². The highest BCUT2D eigenvalue weighted by Crippen LogP contribution is 2.18. The van der Waals surface area contributed by atoms with Crippen LogP contribution >= 0.6 is 0 Å². The number of fused-ring (bicyclic) bond motifs is 1.